The molecule has 3 rings (SSSR count). The molecule has 2 aromatic heterocycles. The molecule has 12 heteroatoms. The smallest absolute Gasteiger partial charge is 0.319 e. The first-order chi connectivity index (χ1) is 14.8. The second kappa shape index (κ2) is 9.98. The van der Waals surface area contributed by atoms with E-state index < -0.39 is 23.6 Å². The molecule has 0 atom stereocenters. The fraction of sp³-hybridized carbons (Fsp3) is 0.263. The van der Waals surface area contributed by atoms with Crippen LogP contribution < -0.4 is 21.1 Å². The number of carbonyl (C=O) groups is 2. The first-order valence-corrected chi connectivity index (χ1v) is 10.00. The SMILES string of the molecule is Cc1cc(F)c(COc2nsc(NC(=O)NCCCn3ccnc3)c2C(N)=O)cc1F. The van der Waals surface area contributed by atoms with Crippen molar-refractivity contribution < 1.29 is 23.1 Å². The summed E-state index contributed by atoms with van der Waals surface area (Å²) in [5.41, 5.74) is 5.36. The number of carbonyl (C=O) groups excluding carboxylic acids is 2. The summed E-state index contributed by atoms with van der Waals surface area (Å²) in [6, 6.07) is 1.51. The molecule has 164 valence electrons. The van der Waals surface area contributed by atoms with Crippen molar-refractivity contribution in [1.29, 1.82) is 0 Å². The van der Waals surface area contributed by atoms with E-state index in [4.69, 9.17) is 10.5 Å². The molecule has 4 N–H and O–H groups in total. The zero-order chi connectivity index (χ0) is 22.4. The molecule has 0 spiro atoms. The predicted octanol–water partition coefficient (Wildman–Crippen LogP) is 2.82. The van der Waals surface area contributed by atoms with Gasteiger partial charge in [0.15, 0.2) is 0 Å². The van der Waals surface area contributed by atoms with Gasteiger partial charge in [-0.2, -0.15) is 4.37 Å². The summed E-state index contributed by atoms with van der Waals surface area (Å²) in [7, 11) is 0. The van der Waals surface area contributed by atoms with Crippen LogP contribution in [0, 0.1) is 18.6 Å². The number of aryl methyl sites for hydroxylation is 2. The number of aromatic nitrogens is 3. The lowest BCUT2D eigenvalue weighted by Crippen LogP contribution is -2.30. The maximum atomic E-state index is 14.0. The average molecular weight is 450 g/mol. The summed E-state index contributed by atoms with van der Waals surface area (Å²) >= 11 is 0.787. The lowest BCUT2D eigenvalue weighted by atomic mass is 10.1. The number of benzene rings is 1. The van der Waals surface area contributed by atoms with Crippen molar-refractivity contribution in [1.82, 2.24) is 19.2 Å². The number of hydrogen-bond acceptors (Lipinski definition) is 6. The molecule has 0 radical (unpaired) electrons. The highest BCUT2D eigenvalue weighted by Crippen LogP contribution is 2.31. The van der Waals surface area contributed by atoms with Crippen molar-refractivity contribution in [3.05, 3.63) is 59.2 Å². The van der Waals surface area contributed by atoms with Crippen LogP contribution in [0.3, 0.4) is 0 Å². The molecule has 3 amide bonds. The quantitative estimate of drug-likeness (QED) is 0.433. The van der Waals surface area contributed by atoms with E-state index in [1.807, 2.05) is 10.8 Å². The Morgan fingerprint density at radius 1 is 1.29 bits per heavy atom. The highest BCUT2D eigenvalue weighted by molar-refractivity contribution is 7.11. The number of hydrogen-bond donors (Lipinski definition) is 3. The summed E-state index contributed by atoms with van der Waals surface area (Å²) in [6.07, 6.45) is 5.82. The Morgan fingerprint density at radius 3 is 2.81 bits per heavy atom. The first kappa shape index (κ1) is 22.2. The van der Waals surface area contributed by atoms with Crippen LogP contribution in [0.2, 0.25) is 0 Å². The number of imidazole rings is 1. The molecule has 31 heavy (non-hydrogen) atoms. The first-order valence-electron chi connectivity index (χ1n) is 9.22. The van der Waals surface area contributed by atoms with Crippen LogP contribution in [0.4, 0.5) is 18.6 Å². The lowest BCUT2D eigenvalue weighted by Gasteiger charge is -2.09. The maximum Gasteiger partial charge on any atom is 0.319 e. The molecule has 0 saturated carbocycles. The third-order valence-corrected chi connectivity index (χ3v) is 5.01. The number of rotatable bonds is 9. The van der Waals surface area contributed by atoms with Crippen LogP contribution in [-0.4, -0.2) is 32.4 Å². The predicted molar refractivity (Wildman–Crippen MR) is 110 cm³/mol. The van der Waals surface area contributed by atoms with Crippen LogP contribution in [0.5, 0.6) is 5.88 Å². The van der Waals surface area contributed by atoms with E-state index in [0.29, 0.717) is 19.5 Å². The molecule has 0 aliphatic heterocycles. The second-order valence-corrected chi connectivity index (χ2v) is 7.35. The standard InChI is InChI=1S/C19H20F2N6O3S/c1-11-7-14(21)12(8-13(11)20)9-30-17-15(16(22)28)18(31-26-17)25-19(29)24-3-2-5-27-6-4-23-10-27/h4,6-8,10H,2-3,5,9H2,1H3,(H2,22,28)(H2,24,25,29). The molecule has 9 nitrogen and oxygen atoms in total. The van der Waals surface area contributed by atoms with Gasteiger partial charge >= 0.3 is 6.03 Å². The molecule has 0 aliphatic rings. The minimum atomic E-state index is -0.880. The van der Waals surface area contributed by atoms with Crippen LogP contribution >= 0.6 is 11.5 Å². The maximum absolute atomic E-state index is 14.0. The number of ether oxygens (including phenoxy) is 1. The molecule has 0 aliphatic carbocycles. The Kier molecular flexibility index (Phi) is 7.13. The van der Waals surface area contributed by atoms with Crippen LogP contribution in [0.15, 0.2) is 30.9 Å². The van der Waals surface area contributed by atoms with Gasteiger partial charge in [-0.15, -0.1) is 0 Å². The minimum absolute atomic E-state index is 0.0448. The number of amides is 3. The van der Waals surface area contributed by atoms with Gasteiger partial charge in [0.25, 0.3) is 5.91 Å². The van der Waals surface area contributed by atoms with Crippen LogP contribution in [0.25, 0.3) is 0 Å². The van der Waals surface area contributed by atoms with Crippen molar-refractivity contribution in [2.24, 2.45) is 5.73 Å². The van der Waals surface area contributed by atoms with E-state index >= 15 is 0 Å². The summed E-state index contributed by atoms with van der Waals surface area (Å²) < 4.78 is 38.9. The number of nitrogens with one attached hydrogen (secondary N) is 2. The summed E-state index contributed by atoms with van der Waals surface area (Å²) in [4.78, 5) is 27.9. The van der Waals surface area contributed by atoms with Gasteiger partial charge in [0, 0.05) is 31.0 Å². The van der Waals surface area contributed by atoms with Crippen molar-refractivity contribution >= 4 is 28.5 Å². The van der Waals surface area contributed by atoms with Crippen LogP contribution in [0.1, 0.15) is 27.9 Å². The zero-order valence-electron chi connectivity index (χ0n) is 16.5. The van der Waals surface area contributed by atoms with Gasteiger partial charge in [-0.1, -0.05) is 0 Å². The third kappa shape index (κ3) is 5.75. The average Bonchev–Trinajstić information content (AvgIpc) is 3.37. The number of primary amides is 1. The van der Waals surface area contributed by atoms with Gasteiger partial charge in [0.2, 0.25) is 5.88 Å². The number of nitrogens with zero attached hydrogens (tertiary/aromatic N) is 3. The molecule has 0 fully saturated rings. The monoisotopic (exact) mass is 450 g/mol. The summed E-state index contributed by atoms with van der Waals surface area (Å²) in [5, 5.41) is 5.25. The van der Waals surface area contributed by atoms with Gasteiger partial charge in [0.1, 0.15) is 28.8 Å². The summed E-state index contributed by atoms with van der Waals surface area (Å²) in [6.45, 7) is 2.14. The molecule has 0 saturated heterocycles. The minimum Gasteiger partial charge on any atom is -0.471 e. The Hall–Kier alpha value is -3.54. The Labute approximate surface area is 180 Å². The highest BCUT2D eigenvalue weighted by Gasteiger charge is 2.22. The second-order valence-electron chi connectivity index (χ2n) is 6.57. The normalized spacial score (nSPS) is 10.7. The molecule has 0 unspecified atom stereocenters. The Bertz CT molecular complexity index is 1070. The van der Waals surface area contributed by atoms with E-state index in [9.17, 15) is 18.4 Å². The van der Waals surface area contributed by atoms with Crippen molar-refractivity contribution in [3.63, 3.8) is 0 Å². The number of anilines is 1. The number of urea groups is 1. The van der Waals surface area contributed by atoms with Crippen molar-refractivity contribution in [2.45, 2.75) is 26.5 Å². The fourth-order valence-corrected chi connectivity index (χ4v) is 3.39. The van der Waals surface area contributed by atoms with E-state index in [1.165, 1.54) is 6.92 Å². The van der Waals surface area contributed by atoms with E-state index in [1.54, 1.807) is 12.5 Å². The molecule has 3 aromatic rings. The zero-order valence-corrected chi connectivity index (χ0v) is 17.3. The van der Waals surface area contributed by atoms with E-state index in [2.05, 4.69) is 20.0 Å². The van der Waals surface area contributed by atoms with Gasteiger partial charge in [-0.05, 0) is 42.6 Å². The largest absolute Gasteiger partial charge is 0.471 e. The Morgan fingerprint density at radius 2 is 2.10 bits per heavy atom. The van der Waals surface area contributed by atoms with Crippen LogP contribution in [-0.2, 0) is 13.2 Å². The van der Waals surface area contributed by atoms with Gasteiger partial charge < -0.3 is 20.4 Å². The van der Waals surface area contributed by atoms with Crippen molar-refractivity contribution in [2.75, 3.05) is 11.9 Å². The summed E-state index contributed by atoms with van der Waals surface area (Å²) in [5.74, 6) is -2.29. The van der Waals surface area contributed by atoms with Gasteiger partial charge in [0.05, 0.1) is 6.33 Å². The lowest BCUT2D eigenvalue weighted by molar-refractivity contribution is 0.0996. The highest BCUT2D eigenvalue weighted by atomic mass is 32.1. The number of nitrogens with two attached hydrogens (primary N) is 1. The number of halogens is 2. The van der Waals surface area contributed by atoms with E-state index in [-0.39, 0.29) is 34.2 Å². The van der Waals surface area contributed by atoms with Gasteiger partial charge in [-0.25, -0.2) is 18.6 Å². The topological polar surface area (TPSA) is 124 Å². The molecule has 0 bridgehead atoms. The molecular formula is C19H20F2N6O3S. The Balaban J connectivity index is 1.58. The van der Waals surface area contributed by atoms with E-state index in [0.717, 1.165) is 23.7 Å². The third-order valence-electron chi connectivity index (χ3n) is 4.26. The molecular weight excluding hydrogens is 430 g/mol. The fourth-order valence-electron chi connectivity index (χ4n) is 2.65. The van der Waals surface area contributed by atoms with Gasteiger partial charge in [-0.3, -0.25) is 10.1 Å². The molecule has 1 aromatic carbocycles. The molecule has 2 heterocycles. The van der Waals surface area contributed by atoms with Crippen molar-refractivity contribution in [3.8, 4) is 5.88 Å².